The summed E-state index contributed by atoms with van der Waals surface area (Å²) in [6, 6.07) is 8.12. The van der Waals surface area contributed by atoms with Crippen molar-refractivity contribution in [2.24, 2.45) is 0 Å². The quantitative estimate of drug-likeness (QED) is 0.808. The van der Waals surface area contributed by atoms with Crippen LogP contribution in [0.3, 0.4) is 0 Å². The predicted molar refractivity (Wildman–Crippen MR) is 71.4 cm³/mol. The van der Waals surface area contributed by atoms with Crippen LogP contribution in [0.15, 0.2) is 24.3 Å². The molecule has 4 heteroatoms. The summed E-state index contributed by atoms with van der Waals surface area (Å²) in [4.78, 5) is 7.22. The standard InChI is InChI=1S/C14H22N2O2/c1-16-9-5-7-13(11-16)18-14-8-4-3-6-12(14)10-15-17-2/h3-4,6,8,13,15H,5,7,9-11H2,1-2H3. The molecule has 1 unspecified atom stereocenters. The number of rotatable bonds is 5. The molecule has 1 aromatic rings. The largest absolute Gasteiger partial charge is 0.489 e. The lowest BCUT2D eigenvalue weighted by Gasteiger charge is -2.30. The molecule has 1 N–H and O–H groups in total. The summed E-state index contributed by atoms with van der Waals surface area (Å²) in [5, 5.41) is 0. The number of nitrogens with one attached hydrogen (secondary N) is 1. The van der Waals surface area contributed by atoms with E-state index in [0.29, 0.717) is 12.6 Å². The Kier molecular flexibility index (Phi) is 4.99. The number of likely N-dealkylation sites (N-methyl/N-ethyl adjacent to an activating group) is 1. The minimum Gasteiger partial charge on any atom is -0.489 e. The van der Waals surface area contributed by atoms with Gasteiger partial charge in [-0.3, -0.25) is 0 Å². The van der Waals surface area contributed by atoms with E-state index in [1.54, 1.807) is 7.11 Å². The summed E-state index contributed by atoms with van der Waals surface area (Å²) in [7, 11) is 3.77. The number of hydrogen-bond acceptors (Lipinski definition) is 4. The Labute approximate surface area is 109 Å². The summed E-state index contributed by atoms with van der Waals surface area (Å²) in [5.41, 5.74) is 3.99. The van der Waals surface area contributed by atoms with E-state index in [9.17, 15) is 0 Å². The van der Waals surface area contributed by atoms with Crippen molar-refractivity contribution in [2.45, 2.75) is 25.5 Å². The zero-order valence-electron chi connectivity index (χ0n) is 11.2. The van der Waals surface area contributed by atoms with E-state index in [-0.39, 0.29) is 0 Å². The number of hydrogen-bond donors (Lipinski definition) is 1. The predicted octanol–water partition coefficient (Wildman–Crippen LogP) is 1.81. The molecule has 1 atom stereocenters. The molecule has 1 fully saturated rings. The van der Waals surface area contributed by atoms with Gasteiger partial charge < -0.3 is 14.5 Å². The van der Waals surface area contributed by atoms with Crippen LogP contribution in [0.25, 0.3) is 0 Å². The van der Waals surface area contributed by atoms with E-state index < -0.39 is 0 Å². The first-order valence-electron chi connectivity index (χ1n) is 6.48. The van der Waals surface area contributed by atoms with Crippen molar-refractivity contribution in [3.63, 3.8) is 0 Å². The molecule has 0 aromatic heterocycles. The normalized spacial score (nSPS) is 20.9. The molecular weight excluding hydrogens is 228 g/mol. The van der Waals surface area contributed by atoms with Gasteiger partial charge >= 0.3 is 0 Å². The molecule has 1 aliphatic heterocycles. The fourth-order valence-corrected chi connectivity index (χ4v) is 2.31. The fraction of sp³-hybridized carbons (Fsp3) is 0.571. The second-order valence-electron chi connectivity index (χ2n) is 4.78. The van der Waals surface area contributed by atoms with Gasteiger partial charge in [0.1, 0.15) is 11.9 Å². The lowest BCUT2D eigenvalue weighted by molar-refractivity contribution is 0.0818. The van der Waals surface area contributed by atoms with Crippen LogP contribution in [0, 0.1) is 0 Å². The third-order valence-corrected chi connectivity index (χ3v) is 3.25. The number of ether oxygens (including phenoxy) is 1. The second-order valence-corrected chi connectivity index (χ2v) is 4.78. The molecule has 0 saturated carbocycles. The van der Waals surface area contributed by atoms with Crippen molar-refractivity contribution in [1.29, 1.82) is 0 Å². The van der Waals surface area contributed by atoms with Gasteiger partial charge in [0.05, 0.1) is 7.11 Å². The monoisotopic (exact) mass is 250 g/mol. The van der Waals surface area contributed by atoms with E-state index in [0.717, 1.165) is 24.3 Å². The average molecular weight is 250 g/mol. The van der Waals surface area contributed by atoms with Crippen LogP contribution in [0.5, 0.6) is 5.75 Å². The highest BCUT2D eigenvalue weighted by atomic mass is 16.6. The van der Waals surface area contributed by atoms with Crippen LogP contribution in [0.1, 0.15) is 18.4 Å². The van der Waals surface area contributed by atoms with Crippen LogP contribution in [0.2, 0.25) is 0 Å². The van der Waals surface area contributed by atoms with Crippen molar-refractivity contribution in [3.8, 4) is 5.75 Å². The van der Waals surface area contributed by atoms with Crippen molar-refractivity contribution >= 4 is 0 Å². The number of likely N-dealkylation sites (tertiary alicyclic amines) is 1. The zero-order chi connectivity index (χ0) is 12.8. The first kappa shape index (κ1) is 13.3. The zero-order valence-corrected chi connectivity index (χ0v) is 11.2. The summed E-state index contributed by atoms with van der Waals surface area (Å²) in [6.45, 7) is 2.84. The van der Waals surface area contributed by atoms with Crippen LogP contribution < -0.4 is 10.2 Å². The molecular formula is C14H22N2O2. The van der Waals surface area contributed by atoms with Gasteiger partial charge in [0.25, 0.3) is 0 Å². The highest BCUT2D eigenvalue weighted by molar-refractivity contribution is 5.33. The van der Waals surface area contributed by atoms with E-state index in [1.807, 2.05) is 18.2 Å². The Morgan fingerprint density at radius 1 is 1.39 bits per heavy atom. The van der Waals surface area contributed by atoms with Gasteiger partial charge in [-0.05, 0) is 32.5 Å². The molecule has 18 heavy (non-hydrogen) atoms. The lowest BCUT2D eigenvalue weighted by atomic mass is 10.1. The smallest absolute Gasteiger partial charge is 0.124 e. The van der Waals surface area contributed by atoms with Gasteiger partial charge in [0.15, 0.2) is 0 Å². The summed E-state index contributed by atoms with van der Waals surface area (Å²) in [6.07, 6.45) is 2.64. The highest BCUT2D eigenvalue weighted by Crippen LogP contribution is 2.22. The molecule has 0 bridgehead atoms. The third kappa shape index (κ3) is 3.70. The van der Waals surface area contributed by atoms with E-state index in [4.69, 9.17) is 9.57 Å². The number of piperidine rings is 1. The number of benzene rings is 1. The van der Waals surface area contributed by atoms with Gasteiger partial charge in [0.2, 0.25) is 0 Å². The number of para-hydroxylation sites is 1. The van der Waals surface area contributed by atoms with Crippen LogP contribution >= 0.6 is 0 Å². The molecule has 100 valence electrons. The molecule has 0 aliphatic carbocycles. The van der Waals surface area contributed by atoms with Gasteiger partial charge in [0, 0.05) is 18.7 Å². The topological polar surface area (TPSA) is 33.7 Å². The van der Waals surface area contributed by atoms with Crippen LogP contribution in [-0.4, -0.2) is 38.3 Å². The lowest BCUT2D eigenvalue weighted by Crippen LogP contribution is -2.38. The maximum Gasteiger partial charge on any atom is 0.124 e. The van der Waals surface area contributed by atoms with E-state index in [2.05, 4.69) is 23.5 Å². The van der Waals surface area contributed by atoms with Crippen LogP contribution in [-0.2, 0) is 11.4 Å². The Morgan fingerprint density at radius 3 is 3.00 bits per heavy atom. The molecule has 1 aliphatic rings. The first-order valence-corrected chi connectivity index (χ1v) is 6.48. The molecule has 2 rings (SSSR count). The molecule has 0 amide bonds. The Balaban J connectivity index is 1.99. The maximum absolute atomic E-state index is 6.12. The molecule has 1 saturated heterocycles. The van der Waals surface area contributed by atoms with Gasteiger partial charge in [-0.15, -0.1) is 0 Å². The molecule has 1 heterocycles. The third-order valence-electron chi connectivity index (χ3n) is 3.25. The Morgan fingerprint density at radius 2 is 2.22 bits per heavy atom. The fourth-order valence-electron chi connectivity index (χ4n) is 2.31. The highest BCUT2D eigenvalue weighted by Gasteiger charge is 2.19. The van der Waals surface area contributed by atoms with E-state index in [1.165, 1.54) is 13.0 Å². The van der Waals surface area contributed by atoms with Crippen LogP contribution in [0.4, 0.5) is 0 Å². The molecule has 4 nitrogen and oxygen atoms in total. The molecule has 0 radical (unpaired) electrons. The second kappa shape index (κ2) is 6.73. The van der Waals surface area contributed by atoms with Gasteiger partial charge in [-0.1, -0.05) is 18.2 Å². The molecule has 1 aromatic carbocycles. The minimum absolute atomic E-state index is 0.299. The summed E-state index contributed by atoms with van der Waals surface area (Å²) >= 11 is 0. The number of nitrogens with zero attached hydrogens (tertiary/aromatic N) is 1. The van der Waals surface area contributed by atoms with Crippen molar-refractivity contribution in [2.75, 3.05) is 27.2 Å². The minimum atomic E-state index is 0.299. The summed E-state index contributed by atoms with van der Waals surface area (Å²) in [5.74, 6) is 0.961. The first-order chi connectivity index (χ1) is 8.79. The van der Waals surface area contributed by atoms with Gasteiger partial charge in [-0.25, -0.2) is 0 Å². The van der Waals surface area contributed by atoms with Crippen molar-refractivity contribution in [3.05, 3.63) is 29.8 Å². The Hall–Kier alpha value is -1.10. The SMILES string of the molecule is CONCc1ccccc1OC1CCCN(C)C1. The average Bonchev–Trinajstić information content (AvgIpc) is 2.38. The molecule has 0 spiro atoms. The summed E-state index contributed by atoms with van der Waals surface area (Å²) < 4.78 is 6.12. The number of hydroxylamine groups is 1. The Bertz CT molecular complexity index is 371. The van der Waals surface area contributed by atoms with Crippen molar-refractivity contribution in [1.82, 2.24) is 10.4 Å². The van der Waals surface area contributed by atoms with Gasteiger partial charge in [-0.2, -0.15) is 5.48 Å². The van der Waals surface area contributed by atoms with Crippen molar-refractivity contribution < 1.29 is 9.57 Å². The maximum atomic E-state index is 6.12. The van der Waals surface area contributed by atoms with E-state index >= 15 is 0 Å².